The highest BCUT2D eigenvalue weighted by molar-refractivity contribution is 6.33. The summed E-state index contributed by atoms with van der Waals surface area (Å²) in [6.45, 7) is 8.62. The number of aliphatic hydroxyl groups excluding tert-OH is 1. The lowest BCUT2D eigenvalue weighted by atomic mass is 9.46. The topological polar surface area (TPSA) is 121 Å². The maximum atomic E-state index is 14.3. The Morgan fingerprint density at radius 1 is 0.854 bits per heavy atom. The van der Waals surface area contributed by atoms with Gasteiger partial charge in [0.1, 0.15) is 17.3 Å². The fraction of sp³-hybridized carbons (Fsp3) is 0.390. The highest BCUT2D eigenvalue weighted by Gasteiger charge is 2.69. The third-order valence-corrected chi connectivity index (χ3v) is 11.0. The van der Waals surface area contributed by atoms with Gasteiger partial charge in [-0.3, -0.25) is 14.4 Å². The van der Waals surface area contributed by atoms with Crippen LogP contribution in [0.1, 0.15) is 81.2 Å². The number of Topliss-reactive ketones (excluding diaryl/α,β-unsaturated/α-hetero) is 3. The van der Waals surface area contributed by atoms with E-state index in [4.69, 9.17) is 4.74 Å². The number of allylic oxidation sites excluding steroid dienone is 1. The Morgan fingerprint density at radius 2 is 1.50 bits per heavy atom. The molecule has 0 heterocycles. The van der Waals surface area contributed by atoms with Gasteiger partial charge in [0.15, 0.2) is 11.4 Å². The number of ether oxygens (including phenoxy) is 1. The van der Waals surface area contributed by atoms with Crippen LogP contribution in [0.25, 0.3) is 16.9 Å². The number of benzene rings is 3. The first-order valence-electron chi connectivity index (χ1n) is 16.7. The Morgan fingerprint density at radius 3 is 2.15 bits per heavy atom. The van der Waals surface area contributed by atoms with Crippen LogP contribution < -0.4 is 4.74 Å². The lowest BCUT2D eigenvalue weighted by molar-refractivity contribution is -0.171. The number of ketones is 3. The van der Waals surface area contributed by atoms with Crippen molar-refractivity contribution in [1.82, 2.24) is 0 Å². The number of carbonyl (C=O) groups excluding carboxylic acids is 3. The summed E-state index contributed by atoms with van der Waals surface area (Å²) < 4.78 is 5.80. The predicted molar refractivity (Wildman–Crippen MR) is 185 cm³/mol. The van der Waals surface area contributed by atoms with Gasteiger partial charge in [-0.05, 0) is 106 Å². The lowest BCUT2D eigenvalue weighted by Crippen LogP contribution is -2.67. The Hall–Kier alpha value is -4.49. The summed E-state index contributed by atoms with van der Waals surface area (Å²) in [5, 5.41) is 35.0. The van der Waals surface area contributed by atoms with Crippen molar-refractivity contribution < 1.29 is 34.4 Å². The van der Waals surface area contributed by atoms with Gasteiger partial charge in [0.25, 0.3) is 0 Å². The van der Waals surface area contributed by atoms with E-state index >= 15 is 0 Å². The minimum atomic E-state index is -2.52. The molecule has 3 N–H and O–H groups in total. The van der Waals surface area contributed by atoms with Gasteiger partial charge in [0.2, 0.25) is 11.6 Å². The smallest absolute Gasteiger partial charge is 0.206 e. The molecular formula is C41H44O7. The molecule has 48 heavy (non-hydrogen) atoms. The third kappa shape index (κ3) is 5.11. The quantitative estimate of drug-likeness (QED) is 0.133. The molecule has 0 spiro atoms. The highest BCUT2D eigenvalue weighted by atomic mass is 16.5. The molecule has 0 saturated heterocycles. The van der Waals surface area contributed by atoms with Crippen molar-refractivity contribution in [3.8, 4) is 22.6 Å². The van der Waals surface area contributed by atoms with Crippen LogP contribution in [0.15, 0.2) is 71.3 Å². The van der Waals surface area contributed by atoms with Gasteiger partial charge in [-0.15, -0.1) is 0 Å². The largest absolute Gasteiger partial charge is 0.507 e. The van der Waals surface area contributed by atoms with Crippen molar-refractivity contribution >= 4 is 23.1 Å². The molecule has 3 aliphatic rings. The van der Waals surface area contributed by atoms with E-state index in [-0.39, 0.29) is 41.7 Å². The highest BCUT2D eigenvalue weighted by Crippen LogP contribution is 2.62. The summed E-state index contributed by atoms with van der Waals surface area (Å²) in [6, 6.07) is 18.0. The second kappa shape index (κ2) is 11.9. The zero-order valence-corrected chi connectivity index (χ0v) is 28.6. The van der Waals surface area contributed by atoms with Crippen LogP contribution in [0, 0.1) is 17.8 Å². The number of fused-ring (bicyclic) bond motifs is 3. The number of aryl methyl sites for hydroxylation is 3. The number of rotatable bonds is 8. The molecule has 1 fully saturated rings. The van der Waals surface area contributed by atoms with Crippen LogP contribution in [-0.4, -0.2) is 45.4 Å². The van der Waals surface area contributed by atoms with E-state index in [0.717, 1.165) is 42.4 Å². The monoisotopic (exact) mass is 648 g/mol. The van der Waals surface area contributed by atoms with Crippen LogP contribution in [0.2, 0.25) is 0 Å². The molecule has 3 aliphatic carbocycles. The SMILES string of the molecule is COc1ccc(CCCCc2ccc(C)cc2)cc1-c1ccc(O)c2c1C[C@]1(C)C[C@]3(C)CC(C)=C(C(C)=O)C(=O)[C@]3(O)C(=O)C1=C2O. The Balaban J connectivity index is 1.39. The standard InChI is InChI=1S/C41H44O7/c1-23-11-13-26(14-12-23)9-7-8-10-27-15-18-32(48-6)29(19-27)28-16-17-31(43)34-30(28)21-39(4)22-40(5)20-24(2)33(25(3)42)37(45)41(40,47)38(46)35(39)36(34)44/h11-19,43-44,47H,7-10,20-22H2,1-6H3/t39-,40+,41+/m1/s1. The molecule has 3 aromatic rings. The van der Waals surface area contributed by atoms with E-state index in [1.807, 2.05) is 19.1 Å². The number of aromatic hydroxyl groups is 1. The number of unbranched alkanes of at least 4 members (excludes halogenated alkanes) is 1. The molecule has 3 aromatic carbocycles. The number of carbonyl (C=O) groups is 3. The minimum Gasteiger partial charge on any atom is -0.507 e. The molecule has 0 aliphatic heterocycles. The van der Waals surface area contributed by atoms with Gasteiger partial charge < -0.3 is 20.1 Å². The van der Waals surface area contributed by atoms with Crippen LogP contribution in [0.5, 0.6) is 11.5 Å². The summed E-state index contributed by atoms with van der Waals surface area (Å²) >= 11 is 0. The summed E-state index contributed by atoms with van der Waals surface area (Å²) in [4.78, 5) is 40.6. The maximum Gasteiger partial charge on any atom is 0.206 e. The fourth-order valence-corrected chi connectivity index (χ4v) is 8.81. The molecule has 3 atom stereocenters. The number of methoxy groups -OCH3 is 1. The average Bonchev–Trinajstić information content (AvgIpc) is 3.01. The summed E-state index contributed by atoms with van der Waals surface area (Å²) in [6.07, 6.45) is 4.56. The van der Waals surface area contributed by atoms with E-state index in [1.165, 1.54) is 24.1 Å². The van der Waals surface area contributed by atoms with E-state index < -0.39 is 39.5 Å². The van der Waals surface area contributed by atoms with Crippen molar-refractivity contribution in [2.75, 3.05) is 7.11 Å². The number of aliphatic hydroxyl groups is 2. The molecule has 7 heteroatoms. The van der Waals surface area contributed by atoms with Gasteiger partial charge >= 0.3 is 0 Å². The first-order chi connectivity index (χ1) is 22.6. The zero-order chi connectivity index (χ0) is 34.8. The van der Waals surface area contributed by atoms with Gasteiger partial charge in [-0.1, -0.05) is 61.4 Å². The molecule has 0 amide bonds. The Bertz CT molecular complexity index is 1930. The number of hydrogen-bond donors (Lipinski definition) is 3. The molecule has 0 radical (unpaired) electrons. The molecule has 1 saturated carbocycles. The first-order valence-corrected chi connectivity index (χ1v) is 16.7. The number of phenolic OH excluding ortho intramolecular Hbond substituents is 1. The van der Waals surface area contributed by atoms with E-state index in [1.54, 1.807) is 21.0 Å². The molecule has 6 rings (SSSR count). The van der Waals surface area contributed by atoms with Crippen molar-refractivity contribution in [2.24, 2.45) is 10.8 Å². The maximum absolute atomic E-state index is 14.3. The van der Waals surface area contributed by atoms with E-state index in [0.29, 0.717) is 16.9 Å². The second-order valence-corrected chi connectivity index (χ2v) is 14.7. The number of hydrogen-bond acceptors (Lipinski definition) is 7. The average molecular weight is 649 g/mol. The van der Waals surface area contributed by atoms with Gasteiger partial charge in [0, 0.05) is 22.0 Å². The van der Waals surface area contributed by atoms with E-state index in [2.05, 4.69) is 43.3 Å². The van der Waals surface area contributed by atoms with Crippen molar-refractivity contribution in [3.05, 3.63) is 99.1 Å². The fourth-order valence-electron chi connectivity index (χ4n) is 8.81. The van der Waals surface area contributed by atoms with Crippen molar-refractivity contribution in [1.29, 1.82) is 0 Å². The molecule has 0 aromatic heterocycles. The summed E-state index contributed by atoms with van der Waals surface area (Å²) in [5.41, 5.74) is 1.64. The molecule has 250 valence electrons. The Labute approximate surface area is 282 Å². The van der Waals surface area contributed by atoms with Crippen LogP contribution in [0.3, 0.4) is 0 Å². The minimum absolute atomic E-state index is 0.0903. The Kier molecular flexibility index (Phi) is 8.27. The van der Waals surface area contributed by atoms with Crippen LogP contribution >= 0.6 is 0 Å². The summed E-state index contributed by atoms with van der Waals surface area (Å²) in [7, 11) is 1.61. The van der Waals surface area contributed by atoms with Crippen LogP contribution in [0.4, 0.5) is 0 Å². The van der Waals surface area contributed by atoms with Crippen LogP contribution in [-0.2, 0) is 33.6 Å². The molecule has 0 bridgehead atoms. The van der Waals surface area contributed by atoms with E-state index in [9.17, 15) is 29.7 Å². The van der Waals surface area contributed by atoms with Gasteiger partial charge in [-0.2, -0.15) is 0 Å². The lowest BCUT2D eigenvalue weighted by Gasteiger charge is -2.56. The second-order valence-electron chi connectivity index (χ2n) is 14.7. The zero-order valence-electron chi connectivity index (χ0n) is 28.6. The first kappa shape index (κ1) is 33.4. The summed E-state index contributed by atoms with van der Waals surface area (Å²) in [5.74, 6) is -2.36. The predicted octanol–water partition coefficient (Wildman–Crippen LogP) is 7.36. The third-order valence-electron chi connectivity index (χ3n) is 11.0. The van der Waals surface area contributed by atoms with Crippen molar-refractivity contribution in [2.45, 2.75) is 85.2 Å². The van der Waals surface area contributed by atoms with Gasteiger partial charge in [-0.25, -0.2) is 0 Å². The molecule has 7 nitrogen and oxygen atoms in total. The normalized spacial score (nSPS) is 25.1. The number of phenols is 1. The molecular weight excluding hydrogens is 604 g/mol. The van der Waals surface area contributed by atoms with Gasteiger partial charge in [0.05, 0.1) is 18.2 Å². The van der Waals surface area contributed by atoms with Crippen molar-refractivity contribution in [3.63, 3.8) is 0 Å². The molecule has 0 unspecified atom stereocenters.